The van der Waals surface area contributed by atoms with Gasteiger partial charge in [-0.15, -0.1) is 0 Å². The molecule has 0 bridgehead atoms. The Labute approximate surface area is 358 Å². The minimum absolute atomic E-state index is 0.0520. The van der Waals surface area contributed by atoms with E-state index < -0.39 is 38.6 Å². The fourth-order valence-electron chi connectivity index (χ4n) is 6.17. The van der Waals surface area contributed by atoms with Crippen LogP contribution < -0.4 is 5.32 Å². The van der Waals surface area contributed by atoms with Crippen LogP contribution in [-0.2, 0) is 66.5 Å². The first-order valence-electron chi connectivity index (χ1n) is 21.7. The highest BCUT2D eigenvalue weighted by molar-refractivity contribution is 7.48. The first-order valence-corrected chi connectivity index (χ1v) is 23.2. The number of alkyl carbamates (subject to hydrolysis) is 1. The van der Waals surface area contributed by atoms with Gasteiger partial charge in [0.15, 0.2) is 6.04 Å². The van der Waals surface area contributed by atoms with Gasteiger partial charge in [-0.05, 0) is 23.1 Å². The summed E-state index contributed by atoms with van der Waals surface area (Å²) in [6.45, 7) is 0.850. The predicted octanol–water partition coefficient (Wildman–Crippen LogP) is 11.2. The summed E-state index contributed by atoms with van der Waals surface area (Å²) in [6.07, 6.45) is 17.2. The molecule has 0 saturated heterocycles. The van der Waals surface area contributed by atoms with Crippen LogP contribution in [-0.4, -0.2) is 57.1 Å². The Hall–Kier alpha value is -4.06. The van der Waals surface area contributed by atoms with Gasteiger partial charge in [-0.3, -0.25) is 18.4 Å². The van der Waals surface area contributed by atoms with Crippen LogP contribution in [0.25, 0.3) is 0 Å². The molecule has 0 aliphatic carbocycles. The molecule has 3 aromatic carbocycles. The van der Waals surface area contributed by atoms with Crippen LogP contribution in [0.3, 0.4) is 0 Å². The van der Waals surface area contributed by atoms with E-state index in [2.05, 4.69) is 12.2 Å². The van der Waals surface area contributed by atoms with Crippen molar-refractivity contribution in [2.24, 2.45) is 0 Å². The number of hydrogen-bond acceptors (Lipinski definition) is 11. The second kappa shape index (κ2) is 31.8. The molecule has 0 aliphatic rings. The Kier molecular flexibility index (Phi) is 26.6. The van der Waals surface area contributed by atoms with E-state index in [0.717, 1.165) is 30.4 Å². The summed E-state index contributed by atoms with van der Waals surface area (Å²) in [4.78, 5) is 38.7. The van der Waals surface area contributed by atoms with E-state index in [1.165, 1.54) is 84.2 Å². The lowest BCUT2D eigenvalue weighted by Gasteiger charge is -2.23. The van der Waals surface area contributed by atoms with Crippen molar-refractivity contribution in [3.63, 3.8) is 0 Å². The second-order valence-corrected chi connectivity index (χ2v) is 16.6. The number of rotatable bonds is 34. The van der Waals surface area contributed by atoms with E-state index in [-0.39, 0.29) is 39.0 Å². The number of ether oxygens (including phenoxy) is 4. The Bertz CT molecular complexity index is 1610. The van der Waals surface area contributed by atoms with Gasteiger partial charge in [-0.2, -0.15) is 0 Å². The third-order valence-electron chi connectivity index (χ3n) is 9.81. The number of carbonyl (C=O) groups excluding carboxylic acids is 3. The summed E-state index contributed by atoms with van der Waals surface area (Å²) in [6, 6.07) is 25.5. The van der Waals surface area contributed by atoms with Crippen molar-refractivity contribution in [3.05, 3.63) is 108 Å². The third-order valence-corrected chi connectivity index (χ3v) is 11.2. The zero-order valence-electron chi connectivity index (χ0n) is 35.8. The molecule has 13 heteroatoms. The number of nitrogens with one attached hydrogen (secondary N) is 1. The van der Waals surface area contributed by atoms with E-state index in [9.17, 15) is 18.9 Å². The van der Waals surface area contributed by atoms with Gasteiger partial charge in [0.2, 0.25) is 0 Å². The minimum Gasteiger partial charge on any atom is -0.463 e. The molecule has 332 valence electrons. The van der Waals surface area contributed by atoms with Crippen LogP contribution >= 0.6 is 7.82 Å². The second-order valence-electron chi connectivity index (χ2n) is 14.9. The fourth-order valence-corrected chi connectivity index (χ4v) is 7.38. The summed E-state index contributed by atoms with van der Waals surface area (Å²) in [5.41, 5.74) is 2.14. The number of hydrogen-bond donors (Lipinski definition) is 1. The molecular formula is C47H68NO11P. The molecule has 0 fully saturated rings. The monoisotopic (exact) mass is 853 g/mol. The molecule has 0 aromatic heterocycles. The molecule has 0 radical (unpaired) electrons. The molecule has 3 rings (SSSR count). The molecule has 0 aliphatic heterocycles. The van der Waals surface area contributed by atoms with Crippen molar-refractivity contribution in [2.75, 3.05) is 26.9 Å². The standard InChI is InChI=1S/C47H68NO11P/c1-3-4-5-6-7-8-9-10-11-12-13-14-15-16-26-33-45(49)54-37-43(53-2)38-58-60(52,57-36-42-31-24-19-25-32-42)59-39-44(46(50)55-34-40-27-20-17-21-28-40)48-47(51)56-35-41-29-22-18-23-30-41/h17-25,27-32,43-44H,3-16,26,33-39H2,1-2H3,(H,48,51)/t43-,44-,60?/m0/s1. The number of phosphoric acid groups is 1. The zero-order valence-corrected chi connectivity index (χ0v) is 36.7. The van der Waals surface area contributed by atoms with E-state index in [4.69, 9.17) is 32.5 Å². The maximum atomic E-state index is 14.1. The number of carbonyl (C=O) groups is 3. The lowest BCUT2D eigenvalue weighted by atomic mass is 10.0. The van der Waals surface area contributed by atoms with Crippen LogP contribution in [0.4, 0.5) is 4.79 Å². The predicted molar refractivity (Wildman–Crippen MR) is 232 cm³/mol. The van der Waals surface area contributed by atoms with Gasteiger partial charge in [-0.1, -0.05) is 188 Å². The SMILES string of the molecule is CCCCCCCCCCCCCCCCCC(=O)OC[C@@H](COP(=O)(OCc1ccccc1)OC[C@H](NC(=O)OCc1ccccc1)C(=O)OCc1ccccc1)OC. The Morgan fingerprint density at radius 1 is 0.533 bits per heavy atom. The maximum absolute atomic E-state index is 14.1. The number of esters is 2. The van der Waals surface area contributed by atoms with Crippen molar-refractivity contribution in [2.45, 2.75) is 142 Å². The lowest BCUT2D eigenvalue weighted by molar-refractivity contribution is -0.148. The summed E-state index contributed by atoms with van der Waals surface area (Å²) < 4.78 is 52.9. The van der Waals surface area contributed by atoms with E-state index in [0.29, 0.717) is 12.0 Å². The van der Waals surface area contributed by atoms with Gasteiger partial charge in [0.25, 0.3) is 0 Å². The number of benzene rings is 3. The smallest absolute Gasteiger partial charge is 0.463 e. The molecule has 12 nitrogen and oxygen atoms in total. The fraction of sp³-hybridized carbons (Fsp3) is 0.553. The quantitative estimate of drug-likeness (QED) is 0.0265. The summed E-state index contributed by atoms with van der Waals surface area (Å²) in [7, 11) is -3.03. The van der Waals surface area contributed by atoms with Gasteiger partial charge in [0.05, 0.1) is 19.8 Å². The summed E-state index contributed by atoms with van der Waals surface area (Å²) in [5, 5.41) is 2.45. The molecule has 1 amide bonds. The largest absolute Gasteiger partial charge is 0.475 e. The topological polar surface area (TPSA) is 145 Å². The highest BCUT2D eigenvalue weighted by atomic mass is 31.2. The number of amides is 1. The van der Waals surface area contributed by atoms with Crippen LogP contribution in [0.5, 0.6) is 0 Å². The van der Waals surface area contributed by atoms with Crippen LogP contribution in [0.15, 0.2) is 91.0 Å². The van der Waals surface area contributed by atoms with Gasteiger partial charge >= 0.3 is 25.9 Å². The van der Waals surface area contributed by atoms with Crippen molar-refractivity contribution >= 4 is 25.9 Å². The summed E-state index contributed by atoms with van der Waals surface area (Å²) in [5.74, 6) is -1.21. The van der Waals surface area contributed by atoms with Crippen LogP contribution in [0.1, 0.15) is 126 Å². The molecule has 1 unspecified atom stereocenters. The molecule has 0 spiro atoms. The van der Waals surface area contributed by atoms with Crippen molar-refractivity contribution in [1.82, 2.24) is 5.32 Å². The van der Waals surface area contributed by atoms with Crippen molar-refractivity contribution < 1.29 is 51.5 Å². The summed E-state index contributed by atoms with van der Waals surface area (Å²) >= 11 is 0. The third kappa shape index (κ3) is 23.7. The Morgan fingerprint density at radius 2 is 0.983 bits per heavy atom. The number of methoxy groups -OCH3 is 1. The minimum atomic E-state index is -4.44. The molecule has 60 heavy (non-hydrogen) atoms. The first-order chi connectivity index (χ1) is 29.3. The first kappa shape index (κ1) is 50.3. The molecule has 0 heterocycles. The normalized spacial score (nSPS) is 13.2. The van der Waals surface area contributed by atoms with Gasteiger partial charge < -0.3 is 24.3 Å². The Morgan fingerprint density at radius 3 is 1.48 bits per heavy atom. The lowest BCUT2D eigenvalue weighted by Crippen LogP contribution is -2.45. The highest BCUT2D eigenvalue weighted by Crippen LogP contribution is 2.50. The Balaban J connectivity index is 1.46. The molecular weight excluding hydrogens is 785 g/mol. The van der Waals surface area contributed by atoms with Crippen molar-refractivity contribution in [3.8, 4) is 0 Å². The van der Waals surface area contributed by atoms with E-state index in [1.54, 1.807) is 72.8 Å². The number of unbranched alkanes of at least 4 members (excludes halogenated alkanes) is 14. The highest BCUT2D eigenvalue weighted by Gasteiger charge is 2.33. The van der Waals surface area contributed by atoms with Crippen molar-refractivity contribution in [1.29, 1.82) is 0 Å². The average Bonchev–Trinajstić information content (AvgIpc) is 3.28. The van der Waals surface area contributed by atoms with Gasteiger partial charge in [0, 0.05) is 13.5 Å². The molecule has 1 N–H and O–H groups in total. The van der Waals surface area contributed by atoms with Gasteiger partial charge in [0.1, 0.15) is 25.9 Å². The maximum Gasteiger partial charge on any atom is 0.475 e. The molecule has 3 atom stereocenters. The molecule has 3 aromatic rings. The van der Waals surface area contributed by atoms with Gasteiger partial charge in [-0.25, -0.2) is 14.2 Å². The number of phosphoric ester groups is 1. The van der Waals surface area contributed by atoms with Crippen LogP contribution in [0.2, 0.25) is 0 Å². The zero-order chi connectivity index (χ0) is 42.9. The molecule has 0 saturated carbocycles. The average molecular weight is 854 g/mol. The van der Waals surface area contributed by atoms with Crippen LogP contribution in [0, 0.1) is 0 Å². The van der Waals surface area contributed by atoms with E-state index >= 15 is 0 Å². The van der Waals surface area contributed by atoms with E-state index in [1.807, 2.05) is 18.2 Å².